The van der Waals surface area contributed by atoms with Crippen molar-refractivity contribution in [2.75, 3.05) is 11.9 Å². The molecule has 3 rings (SSSR count). The predicted octanol–water partition coefficient (Wildman–Crippen LogP) is 6.27. The van der Waals surface area contributed by atoms with Crippen LogP contribution in [0, 0.1) is 5.82 Å². The SMILES string of the molecule is CC(C)(C)c1ccc(C(=O)c2cccc(NC(=S)NCCCc3ccc(F)cc3)c2)cc1. The van der Waals surface area contributed by atoms with Crippen LogP contribution in [0.15, 0.2) is 72.8 Å². The van der Waals surface area contributed by atoms with Gasteiger partial charge in [0, 0.05) is 23.4 Å². The molecule has 0 aliphatic heterocycles. The van der Waals surface area contributed by atoms with Gasteiger partial charge >= 0.3 is 0 Å². The lowest BCUT2D eigenvalue weighted by molar-refractivity contribution is 0.103. The lowest BCUT2D eigenvalue weighted by atomic mass is 9.86. The van der Waals surface area contributed by atoms with E-state index in [4.69, 9.17) is 12.2 Å². The van der Waals surface area contributed by atoms with E-state index in [1.165, 1.54) is 17.7 Å². The van der Waals surface area contributed by atoms with Crippen molar-refractivity contribution in [3.05, 3.63) is 101 Å². The highest BCUT2D eigenvalue weighted by Crippen LogP contribution is 2.23. The second-order valence-corrected chi connectivity index (χ2v) is 9.26. The molecule has 0 bridgehead atoms. The maximum Gasteiger partial charge on any atom is 0.193 e. The summed E-state index contributed by atoms with van der Waals surface area (Å²) in [6.07, 6.45) is 1.71. The molecule has 0 unspecified atom stereocenters. The van der Waals surface area contributed by atoms with Gasteiger partial charge in [-0.15, -0.1) is 0 Å². The van der Waals surface area contributed by atoms with E-state index in [0.29, 0.717) is 22.8 Å². The zero-order valence-electron chi connectivity index (χ0n) is 18.7. The molecular weight excluding hydrogens is 419 g/mol. The summed E-state index contributed by atoms with van der Waals surface area (Å²) in [6.45, 7) is 7.15. The fourth-order valence-electron chi connectivity index (χ4n) is 3.35. The number of benzene rings is 3. The van der Waals surface area contributed by atoms with Crippen LogP contribution in [0.25, 0.3) is 0 Å². The molecule has 0 aliphatic carbocycles. The van der Waals surface area contributed by atoms with Crippen LogP contribution in [-0.2, 0) is 11.8 Å². The minimum absolute atomic E-state index is 0.0210. The van der Waals surface area contributed by atoms with Gasteiger partial charge in [0.15, 0.2) is 10.9 Å². The molecule has 0 spiro atoms. The molecule has 3 nitrogen and oxygen atoms in total. The molecule has 166 valence electrons. The van der Waals surface area contributed by atoms with Gasteiger partial charge in [0.2, 0.25) is 0 Å². The first-order valence-corrected chi connectivity index (χ1v) is 11.2. The number of thiocarbonyl (C=S) groups is 1. The van der Waals surface area contributed by atoms with Crippen molar-refractivity contribution in [2.24, 2.45) is 0 Å². The van der Waals surface area contributed by atoms with Gasteiger partial charge in [-0.05, 0) is 65.9 Å². The highest BCUT2D eigenvalue weighted by molar-refractivity contribution is 7.80. The van der Waals surface area contributed by atoms with Gasteiger partial charge in [-0.2, -0.15) is 0 Å². The lowest BCUT2D eigenvalue weighted by Gasteiger charge is -2.19. The number of anilines is 1. The van der Waals surface area contributed by atoms with Gasteiger partial charge in [-0.1, -0.05) is 69.3 Å². The first-order valence-electron chi connectivity index (χ1n) is 10.8. The number of hydrogen-bond donors (Lipinski definition) is 2. The summed E-state index contributed by atoms with van der Waals surface area (Å²) >= 11 is 5.38. The summed E-state index contributed by atoms with van der Waals surface area (Å²) in [7, 11) is 0. The van der Waals surface area contributed by atoms with Gasteiger partial charge in [-0.25, -0.2) is 4.39 Å². The Morgan fingerprint density at radius 1 is 0.938 bits per heavy atom. The smallest absolute Gasteiger partial charge is 0.193 e. The Bertz CT molecular complexity index is 1070. The van der Waals surface area contributed by atoms with Crippen LogP contribution in [-0.4, -0.2) is 17.4 Å². The molecule has 0 atom stereocenters. The van der Waals surface area contributed by atoms with E-state index in [1.807, 2.05) is 48.5 Å². The van der Waals surface area contributed by atoms with Gasteiger partial charge in [0.25, 0.3) is 0 Å². The summed E-state index contributed by atoms with van der Waals surface area (Å²) < 4.78 is 13.0. The Hall–Kier alpha value is -3.05. The van der Waals surface area contributed by atoms with E-state index in [1.54, 1.807) is 12.1 Å². The number of halogens is 1. The second-order valence-electron chi connectivity index (χ2n) is 8.85. The predicted molar refractivity (Wildman–Crippen MR) is 134 cm³/mol. The standard InChI is InChI=1S/C27H29FN2OS/c1-27(2,3)22-13-11-20(12-14-22)25(31)21-7-4-8-24(18-21)30-26(32)29-17-5-6-19-9-15-23(28)16-10-19/h4,7-16,18H,5-6,17H2,1-3H3,(H2,29,30,32). The molecule has 0 aliphatic rings. The molecule has 0 saturated carbocycles. The largest absolute Gasteiger partial charge is 0.362 e. The fourth-order valence-corrected chi connectivity index (χ4v) is 3.57. The Kier molecular flexibility index (Phi) is 7.75. The van der Waals surface area contributed by atoms with E-state index in [2.05, 4.69) is 31.4 Å². The van der Waals surface area contributed by atoms with Gasteiger partial charge in [0.1, 0.15) is 5.82 Å². The van der Waals surface area contributed by atoms with E-state index in [9.17, 15) is 9.18 Å². The van der Waals surface area contributed by atoms with Crippen LogP contribution < -0.4 is 10.6 Å². The van der Waals surface area contributed by atoms with E-state index in [0.717, 1.165) is 24.1 Å². The van der Waals surface area contributed by atoms with Crippen molar-refractivity contribution in [3.8, 4) is 0 Å². The maximum atomic E-state index is 13.0. The topological polar surface area (TPSA) is 41.1 Å². The van der Waals surface area contributed by atoms with Crippen molar-refractivity contribution in [1.29, 1.82) is 0 Å². The third-order valence-electron chi connectivity index (χ3n) is 5.24. The second kappa shape index (κ2) is 10.5. The zero-order chi connectivity index (χ0) is 23.1. The van der Waals surface area contributed by atoms with Crippen LogP contribution in [0.2, 0.25) is 0 Å². The summed E-state index contributed by atoms with van der Waals surface area (Å²) in [5.74, 6) is -0.243. The van der Waals surface area contributed by atoms with Crippen LogP contribution >= 0.6 is 12.2 Å². The highest BCUT2D eigenvalue weighted by atomic mass is 32.1. The third-order valence-corrected chi connectivity index (χ3v) is 5.48. The Morgan fingerprint density at radius 2 is 1.62 bits per heavy atom. The number of hydrogen-bond acceptors (Lipinski definition) is 2. The quantitative estimate of drug-likeness (QED) is 0.254. The Morgan fingerprint density at radius 3 is 2.28 bits per heavy atom. The molecule has 3 aromatic carbocycles. The molecule has 0 fully saturated rings. The van der Waals surface area contributed by atoms with Crippen LogP contribution in [0.1, 0.15) is 54.2 Å². The van der Waals surface area contributed by atoms with Crippen molar-refractivity contribution < 1.29 is 9.18 Å². The molecule has 32 heavy (non-hydrogen) atoms. The summed E-state index contributed by atoms with van der Waals surface area (Å²) in [5, 5.41) is 6.82. The highest BCUT2D eigenvalue weighted by Gasteiger charge is 2.15. The number of aryl methyl sites for hydroxylation is 1. The van der Waals surface area contributed by atoms with Crippen LogP contribution in [0.5, 0.6) is 0 Å². The molecule has 0 radical (unpaired) electrons. The minimum Gasteiger partial charge on any atom is -0.362 e. The summed E-state index contributed by atoms with van der Waals surface area (Å²) in [6, 6.07) is 21.7. The van der Waals surface area contributed by atoms with E-state index < -0.39 is 0 Å². The molecular formula is C27H29FN2OS. The van der Waals surface area contributed by atoms with Crippen molar-refractivity contribution >= 4 is 28.8 Å². The normalized spacial score (nSPS) is 11.1. The minimum atomic E-state index is -0.222. The molecule has 0 amide bonds. The average molecular weight is 449 g/mol. The summed E-state index contributed by atoms with van der Waals surface area (Å²) in [4.78, 5) is 12.9. The Balaban J connectivity index is 1.53. The van der Waals surface area contributed by atoms with Gasteiger partial charge < -0.3 is 10.6 Å². The van der Waals surface area contributed by atoms with E-state index >= 15 is 0 Å². The first kappa shape index (κ1) is 23.6. The molecule has 5 heteroatoms. The van der Waals surface area contributed by atoms with E-state index in [-0.39, 0.29) is 17.0 Å². The molecule has 2 N–H and O–H groups in total. The molecule has 0 aromatic heterocycles. The number of nitrogens with one attached hydrogen (secondary N) is 2. The maximum absolute atomic E-state index is 13.0. The number of carbonyl (C=O) groups excluding carboxylic acids is 1. The molecule has 0 saturated heterocycles. The van der Waals surface area contributed by atoms with Crippen molar-refractivity contribution in [1.82, 2.24) is 5.32 Å². The average Bonchev–Trinajstić information content (AvgIpc) is 2.77. The van der Waals surface area contributed by atoms with Gasteiger partial charge in [0.05, 0.1) is 0 Å². The van der Waals surface area contributed by atoms with Crippen molar-refractivity contribution in [3.63, 3.8) is 0 Å². The molecule has 0 heterocycles. The number of carbonyl (C=O) groups is 1. The Labute approximate surface area is 195 Å². The zero-order valence-corrected chi connectivity index (χ0v) is 19.6. The fraction of sp³-hybridized carbons (Fsp3) is 0.259. The first-order chi connectivity index (χ1) is 15.2. The molecule has 3 aromatic rings. The van der Waals surface area contributed by atoms with Crippen molar-refractivity contribution in [2.45, 2.75) is 39.0 Å². The third kappa shape index (κ3) is 6.72. The van der Waals surface area contributed by atoms with Crippen LogP contribution in [0.4, 0.5) is 10.1 Å². The number of rotatable bonds is 7. The van der Waals surface area contributed by atoms with Crippen LogP contribution in [0.3, 0.4) is 0 Å². The number of ketones is 1. The van der Waals surface area contributed by atoms with Gasteiger partial charge in [-0.3, -0.25) is 4.79 Å². The lowest BCUT2D eigenvalue weighted by Crippen LogP contribution is -2.29. The monoisotopic (exact) mass is 448 g/mol. The summed E-state index contributed by atoms with van der Waals surface area (Å²) in [5.41, 5.74) is 4.37.